The van der Waals surface area contributed by atoms with Crippen molar-refractivity contribution in [3.63, 3.8) is 0 Å². The molecule has 2 fully saturated rings. The average Bonchev–Trinajstić information content (AvgIpc) is 3.40. The van der Waals surface area contributed by atoms with Gasteiger partial charge in [-0.25, -0.2) is 4.79 Å². The van der Waals surface area contributed by atoms with Crippen LogP contribution in [0.4, 0.5) is 16.7 Å². The molecule has 5 rings (SSSR count). The monoisotopic (exact) mass is 591 g/mol. The van der Waals surface area contributed by atoms with E-state index in [2.05, 4.69) is 29.6 Å². The number of carbonyl (C=O) groups excluding carboxylic acids is 2. The Hall–Kier alpha value is -3.73. The molecule has 0 saturated carbocycles. The molecule has 11 heteroatoms. The summed E-state index contributed by atoms with van der Waals surface area (Å²) in [7, 11) is 0. The van der Waals surface area contributed by atoms with Gasteiger partial charge in [-0.2, -0.15) is 19.6 Å². The zero-order valence-electron chi connectivity index (χ0n) is 26.1. The van der Waals surface area contributed by atoms with Crippen LogP contribution in [0.5, 0.6) is 0 Å². The molecule has 0 aliphatic carbocycles. The second-order valence-electron chi connectivity index (χ2n) is 12.9. The van der Waals surface area contributed by atoms with E-state index in [4.69, 9.17) is 19.4 Å². The van der Waals surface area contributed by atoms with Gasteiger partial charge in [-0.05, 0) is 69.9 Å². The molecule has 2 aliphatic heterocycles. The first-order chi connectivity index (χ1) is 20.6. The van der Waals surface area contributed by atoms with Crippen LogP contribution in [0.1, 0.15) is 89.3 Å². The molecule has 1 unspecified atom stereocenters. The van der Waals surface area contributed by atoms with Gasteiger partial charge in [0, 0.05) is 31.7 Å². The Kier molecular flexibility index (Phi) is 9.49. The van der Waals surface area contributed by atoms with Crippen molar-refractivity contribution >= 4 is 29.4 Å². The van der Waals surface area contributed by atoms with Crippen molar-refractivity contribution in [2.75, 3.05) is 30.4 Å². The molecule has 0 radical (unpaired) electrons. The van der Waals surface area contributed by atoms with Crippen LogP contribution in [0.3, 0.4) is 0 Å². The highest BCUT2D eigenvalue weighted by molar-refractivity contribution is 5.89. The fraction of sp³-hybridized carbons (Fsp3) is 0.594. The maximum atomic E-state index is 13.4. The summed E-state index contributed by atoms with van der Waals surface area (Å²) < 4.78 is 13.0. The van der Waals surface area contributed by atoms with Crippen molar-refractivity contribution < 1.29 is 19.1 Å². The zero-order valence-corrected chi connectivity index (χ0v) is 26.1. The summed E-state index contributed by atoms with van der Waals surface area (Å²) in [6, 6.07) is 7.68. The Balaban J connectivity index is 1.29. The highest BCUT2D eigenvalue weighted by atomic mass is 16.6. The number of aromatic nitrogens is 4. The number of benzene rings is 1. The quantitative estimate of drug-likeness (QED) is 0.339. The minimum absolute atomic E-state index is 0.0355. The predicted octanol–water partition coefficient (Wildman–Crippen LogP) is 5.35. The van der Waals surface area contributed by atoms with Crippen molar-refractivity contribution in [2.45, 2.75) is 103 Å². The third-order valence-electron chi connectivity index (χ3n) is 7.83. The number of Topliss-reactive ketones (excluding diaryl/α,β-unsaturated/α-hetero) is 1. The largest absolute Gasteiger partial charge is 0.444 e. The van der Waals surface area contributed by atoms with Crippen LogP contribution in [-0.2, 0) is 27.2 Å². The second-order valence-corrected chi connectivity index (χ2v) is 12.9. The summed E-state index contributed by atoms with van der Waals surface area (Å²) in [6.45, 7) is 12.2. The van der Waals surface area contributed by atoms with E-state index in [1.165, 1.54) is 0 Å². The maximum absolute atomic E-state index is 13.4. The molecule has 2 aromatic heterocycles. The molecule has 1 aromatic carbocycles. The van der Waals surface area contributed by atoms with Crippen molar-refractivity contribution in [1.82, 2.24) is 24.5 Å². The number of hydrogen-bond donors (Lipinski definition) is 2. The van der Waals surface area contributed by atoms with Crippen molar-refractivity contribution in [2.24, 2.45) is 0 Å². The minimum Gasteiger partial charge on any atom is -0.444 e. The number of fused-ring (bicyclic) bond motifs is 1. The van der Waals surface area contributed by atoms with E-state index in [-0.39, 0.29) is 24.2 Å². The molecule has 11 nitrogen and oxygen atoms in total. The van der Waals surface area contributed by atoms with E-state index < -0.39 is 17.7 Å². The van der Waals surface area contributed by atoms with Gasteiger partial charge < -0.3 is 20.1 Å². The van der Waals surface area contributed by atoms with Gasteiger partial charge in [0.1, 0.15) is 5.60 Å². The lowest BCUT2D eigenvalue weighted by atomic mass is 9.94. The Bertz CT molecular complexity index is 1420. The van der Waals surface area contributed by atoms with Crippen LogP contribution in [0.25, 0.3) is 5.65 Å². The van der Waals surface area contributed by atoms with E-state index in [0.717, 1.165) is 54.6 Å². The molecule has 2 N–H and O–H groups in total. The first-order valence-electron chi connectivity index (χ1n) is 15.5. The van der Waals surface area contributed by atoms with Crippen molar-refractivity contribution in [3.8, 4) is 0 Å². The summed E-state index contributed by atoms with van der Waals surface area (Å²) in [5.74, 6) is 1.44. The molecular formula is C32H45N7O4. The topological polar surface area (TPSA) is 123 Å². The molecule has 232 valence electrons. The number of piperidine rings is 1. The van der Waals surface area contributed by atoms with Gasteiger partial charge in [0.25, 0.3) is 0 Å². The first kappa shape index (κ1) is 30.7. The Morgan fingerprint density at radius 3 is 2.67 bits per heavy atom. The van der Waals surface area contributed by atoms with Crippen LogP contribution < -0.4 is 10.6 Å². The second kappa shape index (κ2) is 13.3. The van der Waals surface area contributed by atoms with E-state index in [9.17, 15) is 9.59 Å². The first-order valence-corrected chi connectivity index (χ1v) is 15.5. The van der Waals surface area contributed by atoms with Crippen LogP contribution in [0.15, 0.2) is 30.5 Å². The summed E-state index contributed by atoms with van der Waals surface area (Å²) in [4.78, 5) is 37.5. The Morgan fingerprint density at radius 1 is 1.12 bits per heavy atom. The van der Waals surface area contributed by atoms with Gasteiger partial charge in [-0.3, -0.25) is 9.69 Å². The summed E-state index contributed by atoms with van der Waals surface area (Å²) in [6.07, 6.45) is 6.17. The van der Waals surface area contributed by atoms with E-state index in [1.807, 2.05) is 51.2 Å². The number of nitrogens with one attached hydrogen (secondary N) is 2. The van der Waals surface area contributed by atoms with Crippen molar-refractivity contribution in [3.05, 3.63) is 47.2 Å². The van der Waals surface area contributed by atoms with E-state index >= 15 is 0 Å². The standard InChI is InChI=1S/C32H45N7O4/c1-21(2)25-19-34-39-28(25)36-29(35-24-12-9-15-42-20-24)37-30(39)33-18-23-11-8-10-22(16-23)17-27(40)26-13-6-7-14-38(26)31(41)43-32(3,4)5/h8,10-11,16,19,21,24,26H,6-7,9,12-15,17-18,20H2,1-5H3,(H2,33,35,36,37)/t24-,26?/m0/s1. The number of ether oxygens (including phenoxy) is 2. The molecule has 0 bridgehead atoms. The molecule has 1 amide bonds. The van der Waals surface area contributed by atoms with Gasteiger partial charge in [0.05, 0.1) is 24.9 Å². The number of carbonyl (C=O) groups is 2. The van der Waals surface area contributed by atoms with E-state index in [1.54, 1.807) is 9.42 Å². The lowest BCUT2D eigenvalue weighted by molar-refractivity contribution is -0.124. The van der Waals surface area contributed by atoms with Gasteiger partial charge in [-0.15, -0.1) is 0 Å². The number of anilines is 2. The zero-order chi connectivity index (χ0) is 30.6. The molecule has 43 heavy (non-hydrogen) atoms. The number of ketones is 1. The predicted molar refractivity (Wildman–Crippen MR) is 165 cm³/mol. The molecule has 0 spiro atoms. The van der Waals surface area contributed by atoms with Crippen LogP contribution in [-0.4, -0.2) is 73.8 Å². The molecule has 2 aliphatic rings. The van der Waals surface area contributed by atoms with Gasteiger partial charge in [-0.1, -0.05) is 38.1 Å². The molecule has 2 saturated heterocycles. The minimum atomic E-state index is -0.605. The molecular weight excluding hydrogens is 546 g/mol. The highest BCUT2D eigenvalue weighted by Gasteiger charge is 2.34. The summed E-state index contributed by atoms with van der Waals surface area (Å²) >= 11 is 0. The fourth-order valence-corrected chi connectivity index (χ4v) is 5.67. The number of hydrogen-bond acceptors (Lipinski definition) is 9. The van der Waals surface area contributed by atoms with Gasteiger partial charge >= 0.3 is 6.09 Å². The molecule has 3 aromatic rings. The number of amides is 1. The van der Waals surface area contributed by atoms with Crippen LogP contribution in [0, 0.1) is 0 Å². The van der Waals surface area contributed by atoms with Gasteiger partial charge in [0.2, 0.25) is 11.9 Å². The summed E-state index contributed by atoms with van der Waals surface area (Å²) in [5.41, 5.74) is 3.14. The Labute approximate surface area is 253 Å². The molecule has 2 atom stereocenters. The smallest absolute Gasteiger partial charge is 0.410 e. The van der Waals surface area contributed by atoms with Crippen LogP contribution >= 0.6 is 0 Å². The van der Waals surface area contributed by atoms with E-state index in [0.29, 0.717) is 38.0 Å². The third-order valence-corrected chi connectivity index (χ3v) is 7.83. The highest BCUT2D eigenvalue weighted by Crippen LogP contribution is 2.25. The SMILES string of the molecule is CC(C)c1cnn2c(NCc3cccc(CC(=O)C4CCCCN4C(=O)OC(C)(C)C)c3)nc(N[C@H]3CCCOC3)nc12. The lowest BCUT2D eigenvalue weighted by Crippen LogP contribution is -2.50. The van der Waals surface area contributed by atoms with Crippen molar-refractivity contribution in [1.29, 1.82) is 0 Å². The van der Waals surface area contributed by atoms with Crippen LogP contribution in [0.2, 0.25) is 0 Å². The maximum Gasteiger partial charge on any atom is 0.410 e. The summed E-state index contributed by atoms with van der Waals surface area (Å²) in [5, 5.41) is 11.5. The number of nitrogens with zero attached hydrogens (tertiary/aromatic N) is 5. The van der Waals surface area contributed by atoms with Gasteiger partial charge in [0.15, 0.2) is 11.4 Å². The third kappa shape index (κ3) is 7.81. The normalized spacial score (nSPS) is 19.4. The lowest BCUT2D eigenvalue weighted by Gasteiger charge is -2.36. The fourth-order valence-electron chi connectivity index (χ4n) is 5.67. The average molecular weight is 592 g/mol. The molecule has 4 heterocycles. The number of likely N-dealkylation sites (tertiary alicyclic amines) is 1. The Morgan fingerprint density at radius 2 is 1.93 bits per heavy atom. The number of rotatable bonds is 9.